The van der Waals surface area contributed by atoms with Crippen molar-refractivity contribution in [1.29, 1.82) is 0 Å². The molecule has 80 valence electrons. The van der Waals surface area contributed by atoms with E-state index in [1.165, 1.54) is 4.90 Å². The molecular formula is C8H15I2NO2-2. The van der Waals surface area contributed by atoms with Crippen LogP contribution in [0.2, 0.25) is 0 Å². The summed E-state index contributed by atoms with van der Waals surface area (Å²) in [5.41, 5.74) is 0. The molecule has 0 saturated carbocycles. The number of rotatable bonds is 3. The first kappa shape index (κ1) is 12.0. The Morgan fingerprint density at radius 1 is 1.62 bits per heavy atom. The van der Waals surface area contributed by atoms with Crippen LogP contribution in [0.15, 0.2) is 0 Å². The van der Waals surface area contributed by atoms with Gasteiger partial charge in [-0.3, -0.25) is 0 Å². The van der Waals surface area contributed by atoms with Gasteiger partial charge in [0.15, 0.2) is 0 Å². The number of aliphatic hydroxyl groups excluding tert-OH is 1. The Balaban J connectivity index is 2.74. The fourth-order valence-corrected chi connectivity index (χ4v) is 9.17. The summed E-state index contributed by atoms with van der Waals surface area (Å²) in [4.78, 5) is 15.4. The molecule has 13 heavy (non-hydrogen) atoms. The number of amides is 1. The Kier molecular flexibility index (Phi) is 4.70. The van der Waals surface area contributed by atoms with Crippen LogP contribution < -0.4 is 42.4 Å². The summed E-state index contributed by atoms with van der Waals surface area (Å²) in [5, 5.41) is 9.78. The Morgan fingerprint density at radius 3 is 2.69 bits per heavy atom. The average Bonchev–Trinajstić information content (AvgIpc) is 2.32. The molecule has 1 saturated heterocycles. The molecule has 0 spiro atoms. The first-order valence-corrected chi connectivity index (χ1v) is 10.3. The third-order valence-electron chi connectivity index (χ3n) is 2.12. The van der Waals surface area contributed by atoms with Crippen molar-refractivity contribution in [3.8, 4) is 0 Å². The Morgan fingerprint density at radius 2 is 2.23 bits per heavy atom. The topological polar surface area (TPSA) is 40.5 Å². The van der Waals surface area contributed by atoms with E-state index in [0.717, 1.165) is 4.43 Å². The van der Waals surface area contributed by atoms with E-state index in [-0.39, 0.29) is 52.2 Å². The van der Waals surface area contributed by atoms with Gasteiger partial charge in [0.05, 0.1) is 0 Å². The molecule has 1 heterocycles. The maximum atomic E-state index is 11.7. The molecular weight excluding hydrogens is 396 g/mol. The second-order valence-corrected chi connectivity index (χ2v) is 9.28. The summed E-state index contributed by atoms with van der Waals surface area (Å²) in [6.07, 6.45) is -0.485. The van der Waals surface area contributed by atoms with Gasteiger partial charge in [0.25, 0.3) is 0 Å². The molecule has 0 radical (unpaired) electrons. The van der Waals surface area contributed by atoms with E-state index >= 15 is 0 Å². The zero-order valence-corrected chi connectivity index (χ0v) is 12.3. The number of likely N-dealkylation sites (tertiary alicyclic amines) is 1. The first-order chi connectivity index (χ1) is 6.13. The van der Waals surface area contributed by atoms with Gasteiger partial charge in [-0.25, -0.2) is 0 Å². The van der Waals surface area contributed by atoms with Crippen molar-refractivity contribution >= 4 is 5.91 Å². The zero-order chi connectivity index (χ0) is 10.0. The van der Waals surface area contributed by atoms with Gasteiger partial charge in [-0.05, 0) is 0 Å². The molecule has 1 amide bonds. The molecule has 3 atom stereocenters. The predicted molar refractivity (Wildman–Crippen MR) is 42.8 cm³/mol. The molecule has 0 aromatic carbocycles. The van der Waals surface area contributed by atoms with E-state index in [4.69, 9.17) is 0 Å². The zero-order valence-electron chi connectivity index (χ0n) is 8.00. The molecule has 1 fully saturated rings. The molecule has 0 aromatic rings. The van der Waals surface area contributed by atoms with Gasteiger partial charge >= 0.3 is 101 Å². The number of carbonyl (C=O) groups excluding carboxylic acids is 1. The fourth-order valence-electron chi connectivity index (χ4n) is 1.37. The number of carbonyl (C=O) groups is 1. The maximum absolute atomic E-state index is 11.7. The molecule has 5 heteroatoms. The van der Waals surface area contributed by atoms with Crippen molar-refractivity contribution in [3.05, 3.63) is 0 Å². The van der Waals surface area contributed by atoms with Crippen LogP contribution in [0.5, 0.6) is 0 Å². The van der Waals surface area contributed by atoms with E-state index in [2.05, 4.69) is 11.9 Å². The van der Waals surface area contributed by atoms with Gasteiger partial charge in [0.2, 0.25) is 0 Å². The molecule has 1 aliphatic rings. The molecule has 1 rings (SSSR count). The van der Waals surface area contributed by atoms with Crippen LogP contribution in [-0.2, 0) is 4.79 Å². The van der Waals surface area contributed by atoms with E-state index in [1.54, 1.807) is 7.05 Å². The van der Waals surface area contributed by atoms with Crippen molar-refractivity contribution in [2.45, 2.75) is 21.0 Å². The molecule has 3 nitrogen and oxygen atoms in total. The van der Waals surface area contributed by atoms with Gasteiger partial charge in [0.1, 0.15) is 0 Å². The van der Waals surface area contributed by atoms with Gasteiger partial charge in [-0.15, -0.1) is 0 Å². The quantitative estimate of drug-likeness (QED) is 0.371. The number of halogens is 2. The van der Waals surface area contributed by atoms with Gasteiger partial charge in [-0.2, -0.15) is 0 Å². The summed E-state index contributed by atoms with van der Waals surface area (Å²) < 4.78 is 1.64. The predicted octanol–water partition coefficient (Wildman–Crippen LogP) is -6.66. The Bertz CT molecular complexity index is 201. The summed E-state index contributed by atoms with van der Waals surface area (Å²) in [7, 11) is 1.72. The molecule has 1 N–H and O–H groups in total. The summed E-state index contributed by atoms with van der Waals surface area (Å²) in [6, 6.07) is 0. The second-order valence-electron chi connectivity index (χ2n) is 2.85. The van der Waals surface area contributed by atoms with Crippen molar-refractivity contribution < 1.29 is 52.3 Å². The van der Waals surface area contributed by atoms with E-state index in [0.29, 0.717) is 3.92 Å². The number of hydrogen-bond acceptors (Lipinski definition) is 2. The first-order valence-electron chi connectivity index (χ1n) is 4.14. The molecule has 0 bridgehead atoms. The summed E-state index contributed by atoms with van der Waals surface area (Å²) >= 11 is -0.0688. The molecule has 0 aromatic heterocycles. The van der Waals surface area contributed by atoms with Crippen molar-refractivity contribution in [2.24, 2.45) is 0 Å². The van der Waals surface area contributed by atoms with Crippen LogP contribution in [0.3, 0.4) is 0 Å². The molecule has 0 aliphatic carbocycles. The molecule has 3 unspecified atom stereocenters. The second kappa shape index (κ2) is 5.11. The minimum absolute atomic E-state index is 0.0284. The Labute approximate surface area is 99.8 Å². The third kappa shape index (κ3) is 2.28. The summed E-state index contributed by atoms with van der Waals surface area (Å²) in [5.74, 6) is 0.189. The SMILES string of the molecule is CC[I-]C1C(=O)N(C)C(O)C1[I-]C. The van der Waals surface area contributed by atoms with Crippen LogP contribution in [0.4, 0.5) is 0 Å². The number of aliphatic hydroxyl groups is 1. The standard InChI is InChI=1S/C8H15I2NO2/c1-4-10-6-5(9-2)7(12)11(3)8(6)13/h5-7,12H,4H2,1-3H3/q-2. The van der Waals surface area contributed by atoms with E-state index < -0.39 is 6.23 Å². The number of alkyl halides is 4. The van der Waals surface area contributed by atoms with Crippen LogP contribution in [0.1, 0.15) is 6.92 Å². The van der Waals surface area contributed by atoms with Gasteiger partial charge in [-0.1, -0.05) is 0 Å². The van der Waals surface area contributed by atoms with Crippen molar-refractivity contribution in [2.75, 3.05) is 16.4 Å². The van der Waals surface area contributed by atoms with Crippen LogP contribution >= 0.6 is 0 Å². The van der Waals surface area contributed by atoms with Gasteiger partial charge in [0, 0.05) is 0 Å². The van der Waals surface area contributed by atoms with Crippen molar-refractivity contribution in [1.82, 2.24) is 4.90 Å². The van der Waals surface area contributed by atoms with Gasteiger partial charge < -0.3 is 0 Å². The number of hydrogen-bond donors (Lipinski definition) is 1. The Hall–Kier alpha value is 0.890. The van der Waals surface area contributed by atoms with E-state index in [9.17, 15) is 9.90 Å². The average molecular weight is 411 g/mol. The van der Waals surface area contributed by atoms with Crippen LogP contribution in [0, 0.1) is 0 Å². The normalized spacial score (nSPS) is 34.9. The summed E-state index contributed by atoms with van der Waals surface area (Å²) in [6.45, 7) is 2.14. The van der Waals surface area contributed by atoms with Crippen LogP contribution in [0.25, 0.3) is 0 Å². The van der Waals surface area contributed by atoms with Crippen molar-refractivity contribution in [3.63, 3.8) is 0 Å². The minimum atomic E-state index is -0.485. The number of nitrogens with zero attached hydrogens (tertiary/aromatic N) is 1. The molecule has 1 aliphatic heterocycles. The van der Waals surface area contributed by atoms with Crippen LogP contribution in [-0.4, -0.2) is 46.4 Å². The monoisotopic (exact) mass is 411 g/mol. The van der Waals surface area contributed by atoms with E-state index in [1.807, 2.05) is 0 Å². The third-order valence-corrected chi connectivity index (χ3v) is 9.43. The fraction of sp³-hybridized carbons (Fsp3) is 0.875.